The molecule has 2 heterocycles. The van der Waals surface area contributed by atoms with Crippen molar-refractivity contribution in [2.75, 3.05) is 18.4 Å². The molecule has 2 atom stereocenters. The van der Waals surface area contributed by atoms with Crippen molar-refractivity contribution in [2.24, 2.45) is 0 Å². The number of hydrogen-bond donors (Lipinski definition) is 2. The first-order valence-corrected chi connectivity index (χ1v) is 10.2. The number of carbonyl (C=O) groups excluding carboxylic acids is 1. The lowest BCUT2D eigenvalue weighted by Gasteiger charge is -2.35. The molecule has 1 amide bonds. The van der Waals surface area contributed by atoms with Gasteiger partial charge in [0.25, 0.3) is 5.91 Å². The van der Waals surface area contributed by atoms with Crippen LogP contribution in [0.5, 0.6) is 0 Å². The summed E-state index contributed by atoms with van der Waals surface area (Å²) in [5.74, 6) is -0.267. The number of fused-ring (bicyclic) bond motifs is 1. The first kappa shape index (κ1) is 19.7. The summed E-state index contributed by atoms with van der Waals surface area (Å²) in [7, 11) is 0. The van der Waals surface area contributed by atoms with E-state index in [1.165, 1.54) is 0 Å². The lowest BCUT2D eigenvalue weighted by atomic mass is 10.0. The maximum atomic E-state index is 12.9. The number of halogens is 1. The molecular weight excluding hydrogens is 386 g/mol. The summed E-state index contributed by atoms with van der Waals surface area (Å²) in [6.07, 6.45) is 4.43. The molecule has 2 unspecified atom stereocenters. The number of piperidine rings is 1. The summed E-state index contributed by atoms with van der Waals surface area (Å²) in [4.78, 5) is 18.9. The van der Waals surface area contributed by atoms with Gasteiger partial charge in [-0.15, -0.1) is 0 Å². The van der Waals surface area contributed by atoms with E-state index in [2.05, 4.69) is 29.4 Å². The molecule has 1 aliphatic rings. The minimum atomic E-state index is -1.17. The molecule has 1 aliphatic heterocycles. The quantitative estimate of drug-likeness (QED) is 0.673. The molecular formula is C23H24ClN3O2. The lowest BCUT2D eigenvalue weighted by Crippen LogP contribution is -2.46. The molecule has 0 aliphatic carbocycles. The van der Waals surface area contributed by atoms with E-state index in [0.29, 0.717) is 23.7 Å². The number of benzene rings is 2. The minimum absolute atomic E-state index is 0.128. The Bertz CT molecular complexity index is 1020. The zero-order valence-electron chi connectivity index (χ0n) is 16.3. The molecule has 3 aromatic rings. The number of pyridine rings is 1. The average molecular weight is 410 g/mol. The summed E-state index contributed by atoms with van der Waals surface area (Å²) >= 11 is 5.90. The van der Waals surface area contributed by atoms with Crippen LogP contribution in [0.15, 0.2) is 54.9 Å². The SMILES string of the molecule is Cc1cncc2cccc(NC3CCCN(C(=O)C(O)c4ccc(Cl)cc4)C3)c12. The smallest absolute Gasteiger partial charge is 0.256 e. The Morgan fingerprint density at radius 1 is 1.24 bits per heavy atom. The summed E-state index contributed by atoms with van der Waals surface area (Å²) in [6.45, 7) is 3.27. The van der Waals surface area contributed by atoms with E-state index in [1.807, 2.05) is 18.5 Å². The summed E-state index contributed by atoms with van der Waals surface area (Å²) in [6, 6.07) is 13.0. The average Bonchev–Trinajstić information content (AvgIpc) is 2.74. The van der Waals surface area contributed by atoms with Gasteiger partial charge in [-0.3, -0.25) is 9.78 Å². The fraction of sp³-hybridized carbons (Fsp3) is 0.304. The first-order chi connectivity index (χ1) is 14.0. The van der Waals surface area contributed by atoms with Crippen molar-refractivity contribution in [1.82, 2.24) is 9.88 Å². The maximum absolute atomic E-state index is 12.9. The fourth-order valence-electron chi connectivity index (χ4n) is 4.01. The Hall–Kier alpha value is -2.63. The second-order valence-corrected chi connectivity index (χ2v) is 8.02. The van der Waals surface area contributed by atoms with Crippen LogP contribution in [0, 0.1) is 6.92 Å². The normalized spacial score (nSPS) is 17.9. The van der Waals surface area contributed by atoms with Crippen LogP contribution < -0.4 is 5.32 Å². The van der Waals surface area contributed by atoms with Crippen molar-refractivity contribution < 1.29 is 9.90 Å². The molecule has 0 saturated carbocycles. The molecule has 29 heavy (non-hydrogen) atoms. The number of aromatic nitrogens is 1. The highest BCUT2D eigenvalue weighted by molar-refractivity contribution is 6.30. The monoisotopic (exact) mass is 409 g/mol. The topological polar surface area (TPSA) is 65.5 Å². The van der Waals surface area contributed by atoms with Crippen LogP contribution in [0.25, 0.3) is 10.8 Å². The number of anilines is 1. The predicted octanol–water partition coefficient (Wildman–Crippen LogP) is 4.33. The molecule has 1 fully saturated rings. The third kappa shape index (κ3) is 4.21. The van der Waals surface area contributed by atoms with E-state index in [1.54, 1.807) is 29.2 Å². The second-order valence-electron chi connectivity index (χ2n) is 7.58. The predicted molar refractivity (Wildman–Crippen MR) is 116 cm³/mol. The van der Waals surface area contributed by atoms with Gasteiger partial charge in [-0.05, 0) is 49.1 Å². The molecule has 1 aromatic heterocycles. The molecule has 0 spiro atoms. The highest BCUT2D eigenvalue weighted by atomic mass is 35.5. The number of amides is 1. The molecule has 2 N–H and O–H groups in total. The molecule has 2 aromatic carbocycles. The molecule has 0 radical (unpaired) electrons. The lowest BCUT2D eigenvalue weighted by molar-refractivity contribution is -0.141. The Labute approximate surface area is 175 Å². The van der Waals surface area contributed by atoms with Gasteiger partial charge < -0.3 is 15.3 Å². The number of aliphatic hydroxyl groups is 1. The van der Waals surface area contributed by atoms with Crippen molar-refractivity contribution in [2.45, 2.75) is 31.9 Å². The largest absolute Gasteiger partial charge is 0.380 e. The number of likely N-dealkylation sites (tertiary alicyclic amines) is 1. The molecule has 6 heteroatoms. The zero-order valence-corrected chi connectivity index (χ0v) is 17.1. The second kappa shape index (κ2) is 8.39. The summed E-state index contributed by atoms with van der Waals surface area (Å²) in [5, 5.41) is 17.0. The van der Waals surface area contributed by atoms with Gasteiger partial charge >= 0.3 is 0 Å². The van der Waals surface area contributed by atoms with Crippen LogP contribution >= 0.6 is 11.6 Å². The molecule has 5 nitrogen and oxygen atoms in total. The van der Waals surface area contributed by atoms with Gasteiger partial charge in [-0.25, -0.2) is 0 Å². The highest BCUT2D eigenvalue weighted by Gasteiger charge is 2.29. The molecule has 1 saturated heterocycles. The zero-order chi connectivity index (χ0) is 20.4. The number of aliphatic hydroxyl groups excluding tert-OH is 1. The Kier molecular flexibility index (Phi) is 5.69. The Balaban J connectivity index is 1.49. The van der Waals surface area contributed by atoms with Crippen molar-refractivity contribution in [3.05, 3.63) is 71.0 Å². The number of carbonyl (C=O) groups is 1. The molecule has 0 bridgehead atoms. The van der Waals surface area contributed by atoms with E-state index in [4.69, 9.17) is 11.6 Å². The Morgan fingerprint density at radius 2 is 2.03 bits per heavy atom. The van der Waals surface area contributed by atoms with E-state index in [9.17, 15) is 9.90 Å². The van der Waals surface area contributed by atoms with E-state index in [-0.39, 0.29) is 11.9 Å². The van der Waals surface area contributed by atoms with Gasteiger partial charge in [0.05, 0.1) is 0 Å². The number of nitrogens with zero attached hydrogens (tertiary/aromatic N) is 2. The summed E-state index contributed by atoms with van der Waals surface area (Å²) in [5.41, 5.74) is 2.74. The van der Waals surface area contributed by atoms with Crippen molar-refractivity contribution in [3.8, 4) is 0 Å². The fourth-order valence-corrected chi connectivity index (χ4v) is 4.13. The molecule has 4 rings (SSSR count). The van der Waals surface area contributed by atoms with Gasteiger partial charge in [0.2, 0.25) is 0 Å². The van der Waals surface area contributed by atoms with Gasteiger partial charge in [0.1, 0.15) is 0 Å². The van der Waals surface area contributed by atoms with Gasteiger partial charge in [0.15, 0.2) is 6.10 Å². The maximum Gasteiger partial charge on any atom is 0.256 e. The first-order valence-electron chi connectivity index (χ1n) is 9.85. The third-order valence-corrected chi connectivity index (χ3v) is 5.74. The number of hydrogen-bond acceptors (Lipinski definition) is 4. The molecule has 150 valence electrons. The van der Waals surface area contributed by atoms with Crippen LogP contribution in [-0.4, -0.2) is 40.0 Å². The number of nitrogens with one attached hydrogen (secondary N) is 1. The van der Waals surface area contributed by atoms with Crippen LogP contribution in [0.2, 0.25) is 5.02 Å². The van der Waals surface area contributed by atoms with Gasteiger partial charge in [-0.1, -0.05) is 35.9 Å². The van der Waals surface area contributed by atoms with Gasteiger partial charge in [-0.2, -0.15) is 0 Å². The van der Waals surface area contributed by atoms with Crippen LogP contribution in [-0.2, 0) is 4.79 Å². The van der Waals surface area contributed by atoms with E-state index in [0.717, 1.165) is 34.9 Å². The summed E-state index contributed by atoms with van der Waals surface area (Å²) < 4.78 is 0. The highest BCUT2D eigenvalue weighted by Crippen LogP contribution is 2.28. The standard InChI is InChI=1S/C23H24ClN3O2/c1-15-12-25-13-17-4-2-6-20(21(15)17)26-19-5-3-11-27(14-19)23(29)22(28)16-7-9-18(24)10-8-16/h2,4,6-10,12-13,19,22,26,28H,3,5,11,14H2,1H3. The third-order valence-electron chi connectivity index (χ3n) is 5.49. The number of aryl methyl sites for hydroxylation is 1. The van der Waals surface area contributed by atoms with E-state index < -0.39 is 6.10 Å². The van der Waals surface area contributed by atoms with Crippen LogP contribution in [0.1, 0.15) is 30.1 Å². The van der Waals surface area contributed by atoms with Crippen molar-refractivity contribution >= 4 is 34.0 Å². The number of rotatable bonds is 4. The van der Waals surface area contributed by atoms with Crippen molar-refractivity contribution in [1.29, 1.82) is 0 Å². The minimum Gasteiger partial charge on any atom is -0.380 e. The van der Waals surface area contributed by atoms with E-state index >= 15 is 0 Å². The van der Waals surface area contributed by atoms with Crippen LogP contribution in [0.4, 0.5) is 5.69 Å². The van der Waals surface area contributed by atoms with Gasteiger partial charge in [0, 0.05) is 53.0 Å². The Morgan fingerprint density at radius 3 is 2.83 bits per heavy atom. The van der Waals surface area contributed by atoms with Crippen LogP contribution in [0.3, 0.4) is 0 Å². The van der Waals surface area contributed by atoms with Crippen molar-refractivity contribution in [3.63, 3.8) is 0 Å².